The van der Waals surface area contributed by atoms with Gasteiger partial charge in [-0.2, -0.15) is 0 Å². The molecule has 0 N–H and O–H groups in total. The van der Waals surface area contributed by atoms with Crippen LogP contribution in [0.4, 0.5) is 0 Å². The molecule has 0 fully saturated rings. The van der Waals surface area contributed by atoms with E-state index in [1.54, 1.807) is 6.92 Å². The van der Waals surface area contributed by atoms with Gasteiger partial charge in [0.2, 0.25) is 0 Å². The molecule has 0 unspecified atom stereocenters. The Kier molecular flexibility index (Phi) is 9.02. The summed E-state index contributed by atoms with van der Waals surface area (Å²) in [5.74, 6) is -0.280. The van der Waals surface area contributed by atoms with Crippen LogP contribution in [0.5, 0.6) is 0 Å². The van der Waals surface area contributed by atoms with Crippen LogP contribution in [0.15, 0.2) is 12.2 Å². The summed E-state index contributed by atoms with van der Waals surface area (Å²) in [6.45, 7) is 10.2. The summed E-state index contributed by atoms with van der Waals surface area (Å²) in [4.78, 5) is 11.1. The quantitative estimate of drug-likeness (QED) is 0.262. The minimum absolute atomic E-state index is 0.280. The van der Waals surface area contributed by atoms with Crippen LogP contribution in [-0.4, -0.2) is 28.0 Å². The summed E-state index contributed by atoms with van der Waals surface area (Å²) < 4.78 is 10.8. The van der Waals surface area contributed by atoms with Crippen molar-refractivity contribution in [1.82, 2.24) is 0 Å². The first kappa shape index (κ1) is 17.4. The Balaban J connectivity index is 3.67. The fraction of sp³-hybridized carbons (Fsp3) is 0.786. The molecular formula is C14H28O3Si. The fourth-order valence-corrected chi connectivity index (χ4v) is 4.89. The van der Waals surface area contributed by atoms with Gasteiger partial charge in [-0.15, -0.1) is 0 Å². The van der Waals surface area contributed by atoms with Gasteiger partial charge in [0.15, 0.2) is 8.32 Å². The molecule has 0 aromatic heterocycles. The highest BCUT2D eigenvalue weighted by Crippen LogP contribution is 2.24. The minimum Gasteiger partial charge on any atom is -0.462 e. The lowest BCUT2D eigenvalue weighted by Gasteiger charge is -2.27. The Morgan fingerprint density at radius 1 is 1.17 bits per heavy atom. The number of esters is 1. The highest BCUT2D eigenvalue weighted by Gasteiger charge is 2.28. The number of carbonyl (C=O) groups is 1. The predicted molar refractivity (Wildman–Crippen MR) is 78.2 cm³/mol. The molecule has 0 aromatic carbocycles. The van der Waals surface area contributed by atoms with Crippen molar-refractivity contribution in [3.8, 4) is 0 Å². The molecule has 0 spiro atoms. The van der Waals surface area contributed by atoms with Gasteiger partial charge in [0, 0.05) is 12.7 Å². The van der Waals surface area contributed by atoms with E-state index >= 15 is 0 Å². The Hall–Kier alpha value is -0.613. The SMILES string of the molecule is C=C(C)C(=O)OCCCCC[Si](CC)(CC)OC. The van der Waals surface area contributed by atoms with Crippen LogP contribution in [0, 0.1) is 0 Å². The molecule has 106 valence electrons. The first-order chi connectivity index (χ1) is 8.51. The molecular weight excluding hydrogens is 244 g/mol. The minimum atomic E-state index is -1.44. The summed E-state index contributed by atoms with van der Waals surface area (Å²) in [5, 5.41) is 0. The van der Waals surface area contributed by atoms with Crippen molar-refractivity contribution >= 4 is 14.3 Å². The van der Waals surface area contributed by atoms with Gasteiger partial charge in [-0.3, -0.25) is 0 Å². The summed E-state index contributed by atoms with van der Waals surface area (Å²) in [6, 6.07) is 3.58. The third-order valence-corrected chi connectivity index (χ3v) is 8.29. The van der Waals surface area contributed by atoms with Crippen molar-refractivity contribution in [2.24, 2.45) is 0 Å². The Morgan fingerprint density at radius 2 is 1.78 bits per heavy atom. The first-order valence-electron chi connectivity index (χ1n) is 6.89. The van der Waals surface area contributed by atoms with Gasteiger partial charge < -0.3 is 9.16 Å². The summed E-state index contributed by atoms with van der Waals surface area (Å²) in [7, 11) is 0.416. The van der Waals surface area contributed by atoms with E-state index in [1.807, 2.05) is 7.11 Å². The molecule has 0 aliphatic carbocycles. The van der Waals surface area contributed by atoms with E-state index in [2.05, 4.69) is 20.4 Å². The van der Waals surface area contributed by atoms with Gasteiger partial charge in [-0.25, -0.2) is 4.79 Å². The van der Waals surface area contributed by atoms with Gasteiger partial charge in [-0.1, -0.05) is 33.3 Å². The van der Waals surface area contributed by atoms with Crippen LogP contribution in [0.25, 0.3) is 0 Å². The monoisotopic (exact) mass is 272 g/mol. The zero-order chi connectivity index (χ0) is 14.0. The zero-order valence-corrected chi connectivity index (χ0v) is 13.4. The van der Waals surface area contributed by atoms with Crippen molar-refractivity contribution in [3.05, 3.63) is 12.2 Å². The molecule has 3 nitrogen and oxygen atoms in total. The van der Waals surface area contributed by atoms with Crippen LogP contribution in [0.2, 0.25) is 18.1 Å². The van der Waals surface area contributed by atoms with Gasteiger partial charge in [0.25, 0.3) is 0 Å². The zero-order valence-electron chi connectivity index (χ0n) is 12.4. The van der Waals surface area contributed by atoms with Gasteiger partial charge >= 0.3 is 5.97 Å². The maximum Gasteiger partial charge on any atom is 0.333 e. The van der Waals surface area contributed by atoms with E-state index < -0.39 is 8.32 Å². The van der Waals surface area contributed by atoms with Gasteiger partial charge in [0.1, 0.15) is 0 Å². The molecule has 4 heteroatoms. The van der Waals surface area contributed by atoms with E-state index in [-0.39, 0.29) is 5.97 Å². The molecule has 0 saturated carbocycles. The van der Waals surface area contributed by atoms with Gasteiger partial charge in [0.05, 0.1) is 6.61 Å². The van der Waals surface area contributed by atoms with E-state index in [1.165, 1.54) is 24.6 Å². The molecule has 0 bridgehead atoms. The Labute approximate surface area is 113 Å². The lowest BCUT2D eigenvalue weighted by atomic mass is 10.3. The molecule has 0 radical (unpaired) electrons. The van der Waals surface area contributed by atoms with E-state index in [9.17, 15) is 4.79 Å². The first-order valence-corrected chi connectivity index (χ1v) is 9.42. The molecule has 0 rings (SSSR count). The molecule has 18 heavy (non-hydrogen) atoms. The van der Waals surface area contributed by atoms with Crippen LogP contribution in [-0.2, 0) is 14.0 Å². The van der Waals surface area contributed by atoms with E-state index in [0.29, 0.717) is 12.2 Å². The number of rotatable bonds is 10. The lowest BCUT2D eigenvalue weighted by molar-refractivity contribution is -0.139. The molecule has 0 aliphatic rings. The third-order valence-electron chi connectivity index (χ3n) is 3.58. The molecule has 0 heterocycles. The third kappa shape index (κ3) is 6.35. The number of hydrogen-bond acceptors (Lipinski definition) is 3. The maximum absolute atomic E-state index is 11.1. The lowest BCUT2D eigenvalue weighted by Crippen LogP contribution is -2.34. The van der Waals surface area contributed by atoms with Crippen molar-refractivity contribution < 1.29 is 14.0 Å². The predicted octanol–water partition coefficient (Wildman–Crippen LogP) is 3.91. The average Bonchev–Trinajstić information content (AvgIpc) is 2.38. The topological polar surface area (TPSA) is 35.5 Å². The fourth-order valence-electron chi connectivity index (χ4n) is 2.01. The highest BCUT2D eigenvalue weighted by molar-refractivity contribution is 6.73. The average molecular weight is 272 g/mol. The number of hydrogen-bond donors (Lipinski definition) is 0. The van der Waals surface area contributed by atoms with Crippen LogP contribution in [0.3, 0.4) is 0 Å². The van der Waals surface area contributed by atoms with E-state index in [4.69, 9.17) is 9.16 Å². The van der Waals surface area contributed by atoms with Crippen LogP contribution >= 0.6 is 0 Å². The maximum atomic E-state index is 11.1. The van der Waals surface area contributed by atoms with Crippen molar-refractivity contribution in [3.63, 3.8) is 0 Å². The Morgan fingerprint density at radius 3 is 2.22 bits per heavy atom. The summed E-state index contributed by atoms with van der Waals surface area (Å²) in [6.07, 6.45) is 3.20. The molecule has 0 atom stereocenters. The van der Waals surface area contributed by atoms with Crippen molar-refractivity contribution in [2.75, 3.05) is 13.7 Å². The molecule has 0 aromatic rings. The van der Waals surface area contributed by atoms with Crippen LogP contribution in [0.1, 0.15) is 40.0 Å². The highest BCUT2D eigenvalue weighted by atomic mass is 28.4. The summed E-state index contributed by atoms with van der Waals surface area (Å²) in [5.41, 5.74) is 0.470. The largest absolute Gasteiger partial charge is 0.462 e. The number of unbranched alkanes of at least 4 members (excludes halogenated alkanes) is 2. The van der Waals surface area contributed by atoms with E-state index in [0.717, 1.165) is 12.8 Å². The number of carbonyl (C=O) groups excluding carboxylic acids is 1. The van der Waals surface area contributed by atoms with Crippen LogP contribution < -0.4 is 0 Å². The second-order valence-corrected chi connectivity index (χ2v) is 9.51. The van der Waals surface area contributed by atoms with Crippen molar-refractivity contribution in [2.45, 2.75) is 58.2 Å². The second kappa shape index (κ2) is 9.33. The molecule has 0 aliphatic heterocycles. The second-order valence-electron chi connectivity index (χ2n) is 4.82. The normalized spacial score (nSPS) is 11.3. The summed E-state index contributed by atoms with van der Waals surface area (Å²) >= 11 is 0. The molecule has 0 saturated heterocycles. The standard InChI is InChI=1S/C14H28O3Si/c1-6-18(7-2,16-5)12-10-8-9-11-17-14(15)13(3)4/h3,6-12H2,1-2,4-5H3. The number of ether oxygens (including phenoxy) is 1. The Bertz CT molecular complexity index is 252. The smallest absolute Gasteiger partial charge is 0.333 e. The van der Waals surface area contributed by atoms with Gasteiger partial charge in [-0.05, 0) is 31.5 Å². The molecule has 0 amide bonds. The van der Waals surface area contributed by atoms with Crippen molar-refractivity contribution in [1.29, 1.82) is 0 Å².